The van der Waals surface area contributed by atoms with Crippen LogP contribution in [0.2, 0.25) is 0 Å². The van der Waals surface area contributed by atoms with Crippen molar-refractivity contribution in [3.05, 3.63) is 64.7 Å². The first-order valence-corrected chi connectivity index (χ1v) is 10.2. The van der Waals surface area contributed by atoms with E-state index in [2.05, 4.69) is 10.4 Å². The summed E-state index contributed by atoms with van der Waals surface area (Å²) in [7, 11) is 1.88. The maximum Gasteiger partial charge on any atom is 0.256 e. The molecule has 1 fully saturated rings. The van der Waals surface area contributed by atoms with E-state index in [0.29, 0.717) is 11.5 Å². The average molecular weight is 400 g/mol. The number of amides is 1. The van der Waals surface area contributed by atoms with Crippen LogP contribution < -0.4 is 5.32 Å². The molecule has 30 heavy (non-hydrogen) atoms. The molecular weight excluding hydrogens is 376 g/mol. The summed E-state index contributed by atoms with van der Waals surface area (Å²) in [6.07, 6.45) is 2.22. The highest BCUT2D eigenvalue weighted by Crippen LogP contribution is 2.41. The van der Waals surface area contributed by atoms with Crippen molar-refractivity contribution in [2.75, 3.05) is 5.32 Å². The summed E-state index contributed by atoms with van der Waals surface area (Å²) in [6.45, 7) is 5.78. The van der Waals surface area contributed by atoms with Crippen LogP contribution in [0.25, 0.3) is 16.7 Å². The van der Waals surface area contributed by atoms with Gasteiger partial charge in [0, 0.05) is 18.7 Å². The Balaban J connectivity index is 1.67. The lowest BCUT2D eigenvalue weighted by Crippen LogP contribution is -2.15. The standard InChI is InChI=1S/C23H24N6O/c1-13-20-18(23(30)25-21-14(2)26-28(4)15(21)3)12-19(16-10-11-16)24-22(20)29(27-13)17-8-6-5-7-9-17/h5-9,12,16H,10-11H2,1-4H3,(H,25,30). The van der Waals surface area contributed by atoms with Crippen LogP contribution in [0.5, 0.6) is 0 Å². The predicted octanol–water partition coefficient (Wildman–Crippen LogP) is 4.21. The smallest absolute Gasteiger partial charge is 0.256 e. The summed E-state index contributed by atoms with van der Waals surface area (Å²) in [5.74, 6) is 0.265. The molecule has 3 aromatic heterocycles. The van der Waals surface area contributed by atoms with Crippen molar-refractivity contribution >= 4 is 22.6 Å². The molecule has 4 aromatic rings. The van der Waals surface area contributed by atoms with Gasteiger partial charge in [0.25, 0.3) is 5.91 Å². The normalized spacial score (nSPS) is 13.7. The van der Waals surface area contributed by atoms with Gasteiger partial charge < -0.3 is 5.32 Å². The van der Waals surface area contributed by atoms with Gasteiger partial charge in [-0.3, -0.25) is 9.48 Å². The first kappa shape index (κ1) is 18.5. The molecule has 1 amide bonds. The second-order valence-corrected chi connectivity index (χ2v) is 8.02. The Morgan fingerprint density at radius 2 is 1.80 bits per heavy atom. The van der Waals surface area contributed by atoms with Crippen LogP contribution in [-0.2, 0) is 7.05 Å². The number of fused-ring (bicyclic) bond motifs is 1. The third kappa shape index (κ3) is 2.98. The number of rotatable bonds is 4. The van der Waals surface area contributed by atoms with Gasteiger partial charge in [-0.1, -0.05) is 18.2 Å². The number of nitrogens with zero attached hydrogens (tertiary/aromatic N) is 5. The third-order valence-electron chi connectivity index (χ3n) is 5.82. The first-order valence-electron chi connectivity index (χ1n) is 10.2. The fourth-order valence-electron chi connectivity index (χ4n) is 3.96. The number of aryl methyl sites for hydroxylation is 3. The molecule has 1 aliphatic rings. The van der Waals surface area contributed by atoms with Gasteiger partial charge >= 0.3 is 0 Å². The molecule has 1 aromatic carbocycles. The molecule has 5 rings (SSSR count). The second-order valence-electron chi connectivity index (χ2n) is 8.02. The Kier molecular flexibility index (Phi) is 4.20. The number of carbonyl (C=O) groups excluding carboxylic acids is 1. The summed E-state index contributed by atoms with van der Waals surface area (Å²) in [5.41, 5.74) is 6.50. The van der Waals surface area contributed by atoms with E-state index in [1.165, 1.54) is 0 Å². The largest absolute Gasteiger partial charge is 0.319 e. The van der Waals surface area contributed by atoms with Crippen molar-refractivity contribution in [3.63, 3.8) is 0 Å². The number of carbonyl (C=O) groups is 1. The molecule has 0 saturated heterocycles. The van der Waals surface area contributed by atoms with E-state index >= 15 is 0 Å². The molecule has 0 radical (unpaired) electrons. The van der Waals surface area contributed by atoms with E-state index in [1.54, 1.807) is 4.68 Å². The Morgan fingerprint density at radius 3 is 2.43 bits per heavy atom. The minimum Gasteiger partial charge on any atom is -0.319 e. The Hall–Kier alpha value is -3.48. The van der Waals surface area contributed by atoms with Gasteiger partial charge in [-0.2, -0.15) is 10.2 Å². The van der Waals surface area contributed by atoms with Crippen LogP contribution in [0, 0.1) is 20.8 Å². The van der Waals surface area contributed by atoms with Crippen molar-refractivity contribution in [2.45, 2.75) is 39.5 Å². The van der Waals surface area contributed by atoms with Crippen LogP contribution in [0.4, 0.5) is 5.69 Å². The highest BCUT2D eigenvalue weighted by Gasteiger charge is 2.29. The van der Waals surface area contributed by atoms with Crippen molar-refractivity contribution in [1.29, 1.82) is 0 Å². The lowest BCUT2D eigenvalue weighted by Gasteiger charge is -2.10. The van der Waals surface area contributed by atoms with Gasteiger partial charge in [0.2, 0.25) is 0 Å². The van der Waals surface area contributed by atoms with Gasteiger partial charge in [-0.25, -0.2) is 9.67 Å². The molecule has 0 unspecified atom stereocenters. The molecule has 7 heteroatoms. The fourth-order valence-corrected chi connectivity index (χ4v) is 3.96. The van der Waals surface area contributed by atoms with E-state index in [-0.39, 0.29) is 5.91 Å². The SMILES string of the molecule is Cc1nn(C)c(C)c1NC(=O)c1cc(C2CC2)nc2c1c(C)nn2-c1ccccc1. The van der Waals surface area contributed by atoms with E-state index in [1.807, 2.05) is 68.9 Å². The number of anilines is 1. The molecule has 0 spiro atoms. The minimum atomic E-state index is -0.154. The molecule has 7 nitrogen and oxygen atoms in total. The van der Waals surface area contributed by atoms with Crippen molar-refractivity contribution in [3.8, 4) is 5.69 Å². The van der Waals surface area contributed by atoms with Gasteiger partial charge in [0.1, 0.15) is 0 Å². The van der Waals surface area contributed by atoms with Gasteiger partial charge in [-0.15, -0.1) is 0 Å². The first-order chi connectivity index (χ1) is 14.4. The maximum atomic E-state index is 13.4. The summed E-state index contributed by atoms with van der Waals surface area (Å²) in [6, 6.07) is 11.9. The summed E-state index contributed by atoms with van der Waals surface area (Å²) in [4.78, 5) is 18.3. The Bertz CT molecular complexity index is 1280. The van der Waals surface area contributed by atoms with Crippen LogP contribution in [0.15, 0.2) is 36.4 Å². The molecule has 152 valence electrons. The Morgan fingerprint density at radius 1 is 1.07 bits per heavy atom. The maximum absolute atomic E-state index is 13.4. The van der Waals surface area contributed by atoms with Crippen LogP contribution in [-0.4, -0.2) is 30.5 Å². The lowest BCUT2D eigenvalue weighted by molar-refractivity contribution is 0.102. The highest BCUT2D eigenvalue weighted by molar-refractivity contribution is 6.13. The Labute approximate surface area is 174 Å². The highest BCUT2D eigenvalue weighted by atomic mass is 16.1. The number of para-hydroxylation sites is 1. The van der Waals surface area contributed by atoms with Gasteiger partial charge in [0.15, 0.2) is 5.65 Å². The molecule has 0 atom stereocenters. The number of hydrogen-bond donors (Lipinski definition) is 1. The van der Waals surface area contributed by atoms with Crippen LogP contribution >= 0.6 is 0 Å². The zero-order valence-corrected chi connectivity index (χ0v) is 17.6. The molecule has 0 aliphatic heterocycles. The zero-order valence-electron chi connectivity index (χ0n) is 17.6. The third-order valence-corrected chi connectivity index (χ3v) is 5.82. The topological polar surface area (TPSA) is 77.6 Å². The summed E-state index contributed by atoms with van der Waals surface area (Å²) >= 11 is 0. The predicted molar refractivity (Wildman–Crippen MR) is 116 cm³/mol. The van der Waals surface area contributed by atoms with E-state index < -0.39 is 0 Å². The number of nitrogens with one attached hydrogen (secondary N) is 1. The molecule has 1 aliphatic carbocycles. The molecular formula is C23H24N6O. The molecule has 3 heterocycles. The number of hydrogen-bond acceptors (Lipinski definition) is 4. The number of benzene rings is 1. The van der Waals surface area contributed by atoms with Crippen LogP contribution in [0.3, 0.4) is 0 Å². The quantitative estimate of drug-likeness (QED) is 0.557. The summed E-state index contributed by atoms with van der Waals surface area (Å²) in [5, 5.41) is 13.0. The lowest BCUT2D eigenvalue weighted by atomic mass is 10.1. The second kappa shape index (κ2) is 6.79. The zero-order chi connectivity index (χ0) is 21.0. The van der Waals surface area contributed by atoms with E-state index in [4.69, 9.17) is 10.1 Å². The van der Waals surface area contributed by atoms with Gasteiger partial charge in [-0.05, 0) is 51.8 Å². The summed E-state index contributed by atoms with van der Waals surface area (Å²) < 4.78 is 3.62. The fraction of sp³-hybridized carbons (Fsp3) is 0.304. The molecule has 1 saturated carbocycles. The number of pyridine rings is 1. The van der Waals surface area contributed by atoms with Gasteiger partial charge in [0.05, 0.1) is 39.4 Å². The monoisotopic (exact) mass is 400 g/mol. The van der Waals surface area contributed by atoms with Crippen molar-refractivity contribution in [2.24, 2.45) is 7.05 Å². The molecule has 0 bridgehead atoms. The van der Waals surface area contributed by atoms with Crippen molar-refractivity contribution < 1.29 is 4.79 Å². The number of aromatic nitrogens is 5. The van der Waals surface area contributed by atoms with E-state index in [9.17, 15) is 4.79 Å². The van der Waals surface area contributed by atoms with Crippen molar-refractivity contribution in [1.82, 2.24) is 24.5 Å². The average Bonchev–Trinajstić information content (AvgIpc) is 3.50. The minimum absolute atomic E-state index is 0.154. The molecule has 1 N–H and O–H groups in total. The van der Waals surface area contributed by atoms with E-state index in [0.717, 1.165) is 58.0 Å². The van der Waals surface area contributed by atoms with Crippen LogP contribution in [0.1, 0.15) is 51.9 Å².